The third kappa shape index (κ3) is 2.04. The molecule has 6 heteroatoms. The largest absolute Gasteiger partial charge is 0.306 e. The van der Waals surface area contributed by atoms with Crippen LogP contribution in [0.1, 0.15) is 27.6 Å². The van der Waals surface area contributed by atoms with Crippen LogP contribution in [0.5, 0.6) is 0 Å². The molecule has 1 aromatic carbocycles. The fourth-order valence-corrected chi connectivity index (χ4v) is 1.05. The second-order valence-corrected chi connectivity index (χ2v) is 2.83. The van der Waals surface area contributed by atoms with Crippen molar-refractivity contribution in [2.45, 2.75) is 6.92 Å². The van der Waals surface area contributed by atoms with Gasteiger partial charge in [-0.3, -0.25) is 19.7 Å². The Balaban J connectivity index is 3.51. The van der Waals surface area contributed by atoms with Crippen molar-refractivity contribution < 1.29 is 18.9 Å². The number of carbonyl (C=O) groups excluding carboxylic acids is 2. The van der Waals surface area contributed by atoms with Crippen molar-refractivity contribution in [2.24, 2.45) is 0 Å². The van der Waals surface area contributed by atoms with Gasteiger partial charge in [-0.15, -0.1) is 0 Å². The van der Waals surface area contributed by atoms with Gasteiger partial charge in [0.05, 0.1) is 10.5 Å². The zero-order valence-corrected chi connectivity index (χ0v) is 7.69. The van der Waals surface area contributed by atoms with E-state index in [0.29, 0.717) is 0 Å². The van der Waals surface area contributed by atoms with Crippen LogP contribution in [0.15, 0.2) is 12.1 Å². The lowest BCUT2D eigenvalue weighted by atomic mass is 10.1. The lowest BCUT2D eigenvalue weighted by Crippen LogP contribution is -2.02. The molecule has 0 aromatic heterocycles. The molecule has 0 N–H and O–H groups in total. The summed E-state index contributed by atoms with van der Waals surface area (Å²) in [5.74, 6) is -1.69. The standard InChI is InChI=1S/C9H6FNO4/c1-5(13)6-2-7(4-12)9(10)8(3-6)11(14)15/h2-4H,1H3. The molecule has 0 atom stereocenters. The highest BCUT2D eigenvalue weighted by Crippen LogP contribution is 2.22. The quantitative estimate of drug-likeness (QED) is 0.330. The fraction of sp³-hybridized carbons (Fsp3) is 0.111. The first kappa shape index (κ1) is 11.0. The summed E-state index contributed by atoms with van der Waals surface area (Å²) >= 11 is 0. The molecule has 1 rings (SSSR count). The van der Waals surface area contributed by atoms with Crippen molar-refractivity contribution in [3.05, 3.63) is 39.2 Å². The maximum Gasteiger partial charge on any atom is 0.306 e. The minimum absolute atomic E-state index is 0.0646. The summed E-state index contributed by atoms with van der Waals surface area (Å²) in [4.78, 5) is 30.8. The van der Waals surface area contributed by atoms with Gasteiger partial charge in [-0.25, -0.2) is 0 Å². The zero-order valence-electron chi connectivity index (χ0n) is 7.69. The molecule has 0 aliphatic heterocycles. The van der Waals surface area contributed by atoms with Crippen LogP contribution in [0, 0.1) is 15.9 Å². The topological polar surface area (TPSA) is 77.3 Å². The Labute approximate surface area is 83.7 Å². The van der Waals surface area contributed by atoms with Crippen LogP contribution in [0.2, 0.25) is 0 Å². The number of Topliss-reactive ketones (excluding diaryl/α,β-unsaturated/α-hetero) is 1. The highest BCUT2D eigenvalue weighted by Gasteiger charge is 2.20. The van der Waals surface area contributed by atoms with Gasteiger partial charge in [0, 0.05) is 11.6 Å². The maximum absolute atomic E-state index is 13.2. The molecule has 0 fully saturated rings. The van der Waals surface area contributed by atoms with E-state index in [0.717, 1.165) is 12.1 Å². The number of nitro groups is 1. The van der Waals surface area contributed by atoms with Gasteiger partial charge in [0.2, 0.25) is 5.82 Å². The maximum atomic E-state index is 13.2. The van der Waals surface area contributed by atoms with E-state index in [-0.39, 0.29) is 11.8 Å². The normalized spacial score (nSPS) is 9.73. The Morgan fingerprint density at radius 1 is 1.53 bits per heavy atom. The summed E-state index contributed by atoms with van der Waals surface area (Å²) in [6.45, 7) is 1.17. The molecule has 0 saturated carbocycles. The molecular formula is C9H6FNO4. The Morgan fingerprint density at radius 2 is 2.13 bits per heavy atom. The molecule has 0 unspecified atom stereocenters. The van der Waals surface area contributed by atoms with E-state index in [1.165, 1.54) is 6.92 Å². The van der Waals surface area contributed by atoms with Crippen LogP contribution in [0.25, 0.3) is 0 Å². The average molecular weight is 211 g/mol. The van der Waals surface area contributed by atoms with E-state index in [1.54, 1.807) is 0 Å². The third-order valence-electron chi connectivity index (χ3n) is 1.81. The second-order valence-electron chi connectivity index (χ2n) is 2.83. The number of nitro benzene ring substituents is 1. The van der Waals surface area contributed by atoms with Gasteiger partial charge in [0.25, 0.3) is 0 Å². The summed E-state index contributed by atoms with van der Waals surface area (Å²) in [7, 11) is 0. The molecule has 0 radical (unpaired) electrons. The van der Waals surface area contributed by atoms with Crippen LogP contribution in [0.3, 0.4) is 0 Å². The van der Waals surface area contributed by atoms with Crippen LogP contribution in [-0.2, 0) is 0 Å². The van der Waals surface area contributed by atoms with E-state index in [2.05, 4.69) is 0 Å². The van der Waals surface area contributed by atoms with Crippen molar-refractivity contribution in [3.63, 3.8) is 0 Å². The lowest BCUT2D eigenvalue weighted by Gasteiger charge is -2.00. The van der Waals surface area contributed by atoms with Crippen LogP contribution >= 0.6 is 0 Å². The van der Waals surface area contributed by atoms with Gasteiger partial charge < -0.3 is 0 Å². The molecule has 1 aromatic rings. The van der Waals surface area contributed by atoms with Crippen LogP contribution in [0.4, 0.5) is 10.1 Å². The molecule has 78 valence electrons. The number of aldehydes is 1. The summed E-state index contributed by atoms with van der Waals surface area (Å²) in [5, 5.41) is 10.4. The minimum atomic E-state index is -1.22. The predicted octanol–water partition coefficient (Wildman–Crippen LogP) is 1.75. The van der Waals surface area contributed by atoms with Gasteiger partial charge in [0.15, 0.2) is 12.1 Å². The van der Waals surface area contributed by atoms with Crippen molar-refractivity contribution in [2.75, 3.05) is 0 Å². The monoisotopic (exact) mass is 211 g/mol. The highest BCUT2D eigenvalue weighted by molar-refractivity contribution is 5.96. The fourth-order valence-electron chi connectivity index (χ4n) is 1.05. The van der Waals surface area contributed by atoms with Gasteiger partial charge in [-0.1, -0.05) is 0 Å². The Kier molecular flexibility index (Phi) is 2.89. The van der Waals surface area contributed by atoms with E-state index in [9.17, 15) is 24.1 Å². The number of rotatable bonds is 3. The smallest absolute Gasteiger partial charge is 0.298 e. The predicted molar refractivity (Wildman–Crippen MR) is 48.4 cm³/mol. The Bertz CT molecular complexity index is 456. The number of hydrogen-bond acceptors (Lipinski definition) is 4. The van der Waals surface area contributed by atoms with Gasteiger partial charge in [0.1, 0.15) is 0 Å². The average Bonchev–Trinajstić information content (AvgIpc) is 2.17. The van der Waals surface area contributed by atoms with Crippen molar-refractivity contribution in [1.82, 2.24) is 0 Å². The van der Waals surface area contributed by atoms with E-state index in [1.807, 2.05) is 0 Å². The molecule has 0 bridgehead atoms. The number of carbonyl (C=O) groups is 2. The van der Waals surface area contributed by atoms with Crippen LogP contribution in [-0.4, -0.2) is 17.0 Å². The summed E-state index contributed by atoms with van der Waals surface area (Å²) < 4.78 is 13.2. The molecule has 0 amide bonds. The Hall–Kier alpha value is -2.11. The van der Waals surface area contributed by atoms with E-state index >= 15 is 0 Å². The third-order valence-corrected chi connectivity index (χ3v) is 1.81. The van der Waals surface area contributed by atoms with E-state index in [4.69, 9.17) is 0 Å². The van der Waals surface area contributed by atoms with Crippen molar-refractivity contribution in [3.8, 4) is 0 Å². The zero-order chi connectivity index (χ0) is 11.6. The summed E-state index contributed by atoms with van der Waals surface area (Å²) in [6, 6.07) is 1.79. The number of benzene rings is 1. The number of halogens is 1. The summed E-state index contributed by atoms with van der Waals surface area (Å²) in [6.07, 6.45) is 0.134. The molecule has 0 spiro atoms. The second kappa shape index (κ2) is 3.95. The van der Waals surface area contributed by atoms with Crippen molar-refractivity contribution in [1.29, 1.82) is 0 Å². The molecular weight excluding hydrogens is 205 g/mol. The minimum Gasteiger partial charge on any atom is -0.298 e. The molecule has 15 heavy (non-hydrogen) atoms. The van der Waals surface area contributed by atoms with Crippen molar-refractivity contribution >= 4 is 17.8 Å². The first-order valence-electron chi connectivity index (χ1n) is 3.91. The van der Waals surface area contributed by atoms with Gasteiger partial charge in [-0.2, -0.15) is 4.39 Å². The lowest BCUT2D eigenvalue weighted by molar-refractivity contribution is -0.387. The van der Waals surface area contributed by atoms with Gasteiger partial charge >= 0.3 is 5.69 Å². The number of ketones is 1. The first-order valence-corrected chi connectivity index (χ1v) is 3.91. The number of nitrogens with zero attached hydrogens (tertiary/aromatic N) is 1. The summed E-state index contributed by atoms with van der Waals surface area (Å²) in [5.41, 5.74) is -1.43. The molecule has 0 aliphatic rings. The highest BCUT2D eigenvalue weighted by atomic mass is 19.1. The first-order chi connectivity index (χ1) is 6.97. The Morgan fingerprint density at radius 3 is 2.53 bits per heavy atom. The molecule has 0 heterocycles. The van der Waals surface area contributed by atoms with E-state index < -0.39 is 27.8 Å². The molecule has 5 nitrogen and oxygen atoms in total. The SMILES string of the molecule is CC(=O)c1cc(C=O)c(F)c([N+](=O)[O-])c1. The van der Waals surface area contributed by atoms with Crippen LogP contribution < -0.4 is 0 Å². The molecule has 0 aliphatic carbocycles. The van der Waals surface area contributed by atoms with Gasteiger partial charge in [-0.05, 0) is 13.0 Å². The molecule has 0 saturated heterocycles. The number of hydrogen-bond donors (Lipinski definition) is 0.